The van der Waals surface area contributed by atoms with Crippen molar-refractivity contribution in [1.29, 1.82) is 0 Å². The molecule has 124 valence electrons. The molecule has 1 atom stereocenters. The van der Waals surface area contributed by atoms with E-state index in [2.05, 4.69) is 9.97 Å². The van der Waals surface area contributed by atoms with Gasteiger partial charge in [-0.05, 0) is 27.7 Å². The number of carbonyl (C=O) groups is 1. The molecule has 0 aliphatic carbocycles. The fourth-order valence-electron chi connectivity index (χ4n) is 2.33. The van der Waals surface area contributed by atoms with Crippen LogP contribution in [0.1, 0.15) is 34.1 Å². The zero-order valence-corrected chi connectivity index (χ0v) is 14.7. The molecule has 1 N–H and O–H groups in total. The molecule has 2 aromatic heterocycles. The summed E-state index contributed by atoms with van der Waals surface area (Å²) in [6.07, 6.45) is 1.40. The molecule has 8 heteroatoms. The maximum Gasteiger partial charge on any atom is 0.328 e. The fraction of sp³-hybridized carbons (Fsp3) is 0.467. The summed E-state index contributed by atoms with van der Waals surface area (Å²) in [7, 11) is 1.69. The Morgan fingerprint density at radius 1 is 1.39 bits per heavy atom. The third-order valence-corrected chi connectivity index (χ3v) is 4.71. The molecule has 0 aliphatic heterocycles. The zero-order chi connectivity index (χ0) is 17.3. The van der Waals surface area contributed by atoms with Crippen molar-refractivity contribution in [2.75, 3.05) is 7.05 Å². The summed E-state index contributed by atoms with van der Waals surface area (Å²) in [5, 5.41) is 0.956. The summed E-state index contributed by atoms with van der Waals surface area (Å²) in [5.74, 6) is -0.226. The Morgan fingerprint density at radius 3 is 2.61 bits per heavy atom. The van der Waals surface area contributed by atoms with E-state index in [0.717, 1.165) is 15.6 Å². The first kappa shape index (κ1) is 17.1. The van der Waals surface area contributed by atoms with Gasteiger partial charge in [0.15, 0.2) is 0 Å². The number of nitrogens with one attached hydrogen (secondary N) is 1. The highest BCUT2D eigenvalue weighted by molar-refractivity contribution is 7.11. The van der Waals surface area contributed by atoms with Gasteiger partial charge in [-0.25, -0.2) is 9.78 Å². The highest BCUT2D eigenvalue weighted by atomic mass is 32.1. The lowest BCUT2D eigenvalue weighted by Gasteiger charge is -2.24. The third-order valence-electron chi connectivity index (χ3n) is 3.80. The molecule has 2 rings (SSSR count). The molecular weight excluding hydrogens is 316 g/mol. The Balaban J connectivity index is 2.20. The van der Waals surface area contributed by atoms with Crippen LogP contribution in [-0.4, -0.2) is 32.4 Å². The van der Waals surface area contributed by atoms with E-state index in [4.69, 9.17) is 0 Å². The molecule has 2 heterocycles. The second-order valence-electron chi connectivity index (χ2n) is 5.55. The van der Waals surface area contributed by atoms with Gasteiger partial charge in [-0.1, -0.05) is 0 Å². The maximum absolute atomic E-state index is 12.4. The molecule has 2 aromatic rings. The minimum absolute atomic E-state index is 0.126. The normalized spacial score (nSPS) is 12.2. The lowest BCUT2D eigenvalue weighted by atomic mass is 10.2. The van der Waals surface area contributed by atoms with Crippen LogP contribution in [0.25, 0.3) is 0 Å². The van der Waals surface area contributed by atoms with Crippen LogP contribution >= 0.6 is 11.3 Å². The van der Waals surface area contributed by atoms with Gasteiger partial charge in [0.1, 0.15) is 6.54 Å². The molecule has 0 spiro atoms. The van der Waals surface area contributed by atoms with E-state index in [1.165, 1.54) is 10.8 Å². The van der Waals surface area contributed by atoms with Crippen molar-refractivity contribution < 1.29 is 4.79 Å². The Morgan fingerprint density at radius 2 is 2.04 bits per heavy atom. The number of rotatable bonds is 4. The van der Waals surface area contributed by atoms with Crippen LogP contribution in [-0.2, 0) is 11.3 Å². The smallest absolute Gasteiger partial charge is 0.328 e. The van der Waals surface area contributed by atoms with Crippen LogP contribution in [0.15, 0.2) is 15.8 Å². The van der Waals surface area contributed by atoms with E-state index in [9.17, 15) is 14.4 Å². The first-order chi connectivity index (χ1) is 10.7. The average molecular weight is 336 g/mol. The average Bonchev–Trinajstić information content (AvgIpc) is 2.81. The zero-order valence-electron chi connectivity index (χ0n) is 13.8. The van der Waals surface area contributed by atoms with Gasteiger partial charge in [0, 0.05) is 23.7 Å². The molecule has 1 unspecified atom stereocenters. The van der Waals surface area contributed by atoms with Crippen molar-refractivity contribution in [2.45, 2.75) is 40.3 Å². The molecule has 0 saturated heterocycles. The third kappa shape index (κ3) is 3.58. The molecule has 0 aromatic carbocycles. The summed E-state index contributed by atoms with van der Waals surface area (Å²) in [5.41, 5.74) is 0.233. The summed E-state index contributed by atoms with van der Waals surface area (Å²) in [6.45, 7) is 7.27. The van der Waals surface area contributed by atoms with Gasteiger partial charge < -0.3 is 4.90 Å². The first-order valence-corrected chi connectivity index (χ1v) is 8.02. The van der Waals surface area contributed by atoms with E-state index in [0.29, 0.717) is 5.56 Å². The predicted molar refractivity (Wildman–Crippen MR) is 88.8 cm³/mol. The van der Waals surface area contributed by atoms with Gasteiger partial charge in [-0.2, -0.15) is 0 Å². The number of carbonyl (C=O) groups excluding carboxylic acids is 1. The number of hydrogen-bond acceptors (Lipinski definition) is 5. The Kier molecular flexibility index (Phi) is 4.84. The summed E-state index contributed by atoms with van der Waals surface area (Å²) < 4.78 is 1.21. The first-order valence-electron chi connectivity index (χ1n) is 7.20. The van der Waals surface area contributed by atoms with Crippen molar-refractivity contribution in [2.24, 2.45) is 0 Å². The van der Waals surface area contributed by atoms with Crippen molar-refractivity contribution in [3.8, 4) is 0 Å². The number of hydrogen-bond donors (Lipinski definition) is 1. The molecule has 7 nitrogen and oxygen atoms in total. The Hall–Kier alpha value is -2.22. The minimum atomic E-state index is -0.587. The number of likely N-dealkylation sites (N-methyl/N-ethyl adjacent to an activating group) is 1. The Labute approximate surface area is 137 Å². The van der Waals surface area contributed by atoms with E-state index in [1.54, 1.807) is 30.2 Å². The van der Waals surface area contributed by atoms with Gasteiger partial charge in [0.25, 0.3) is 5.56 Å². The van der Waals surface area contributed by atoms with Crippen molar-refractivity contribution in [3.05, 3.63) is 48.2 Å². The van der Waals surface area contributed by atoms with Gasteiger partial charge in [0.2, 0.25) is 5.91 Å². The number of H-pyrrole nitrogens is 1. The van der Waals surface area contributed by atoms with Crippen LogP contribution in [0.2, 0.25) is 0 Å². The molecule has 1 amide bonds. The lowest BCUT2D eigenvalue weighted by molar-refractivity contribution is -0.132. The lowest BCUT2D eigenvalue weighted by Crippen LogP contribution is -2.38. The van der Waals surface area contributed by atoms with Gasteiger partial charge in [0.05, 0.1) is 16.7 Å². The molecule has 0 radical (unpaired) electrons. The van der Waals surface area contributed by atoms with Gasteiger partial charge in [-0.15, -0.1) is 11.3 Å². The maximum atomic E-state index is 12.4. The molecule has 23 heavy (non-hydrogen) atoms. The Bertz CT molecular complexity index is 849. The second-order valence-corrected chi connectivity index (χ2v) is 6.96. The van der Waals surface area contributed by atoms with Crippen LogP contribution in [0.3, 0.4) is 0 Å². The van der Waals surface area contributed by atoms with Crippen LogP contribution in [0.5, 0.6) is 0 Å². The summed E-state index contributed by atoms with van der Waals surface area (Å²) in [6, 6.07) is -0.188. The number of thiazole rings is 1. The predicted octanol–water partition coefficient (Wildman–Crippen LogP) is 1.14. The molecule has 0 saturated carbocycles. The van der Waals surface area contributed by atoms with Crippen molar-refractivity contribution in [3.63, 3.8) is 0 Å². The monoisotopic (exact) mass is 336 g/mol. The van der Waals surface area contributed by atoms with Gasteiger partial charge in [-0.3, -0.25) is 19.1 Å². The SMILES string of the molecule is Cc1nc(C(C)N(C)C(=O)Cn2cc(C)c(=O)[nH]c2=O)c(C)s1. The van der Waals surface area contributed by atoms with E-state index < -0.39 is 11.2 Å². The molecule has 0 fully saturated rings. The number of amides is 1. The highest BCUT2D eigenvalue weighted by Gasteiger charge is 2.22. The number of aromatic amines is 1. The summed E-state index contributed by atoms with van der Waals surface area (Å²) >= 11 is 1.59. The van der Waals surface area contributed by atoms with Gasteiger partial charge >= 0.3 is 5.69 Å². The minimum Gasteiger partial charge on any atom is -0.336 e. The van der Waals surface area contributed by atoms with E-state index in [-0.39, 0.29) is 18.5 Å². The number of nitrogens with zero attached hydrogens (tertiary/aromatic N) is 3. The van der Waals surface area contributed by atoms with Crippen molar-refractivity contribution >= 4 is 17.2 Å². The molecule has 0 bridgehead atoms. The molecular formula is C15H20N4O3S. The second kappa shape index (κ2) is 6.49. The van der Waals surface area contributed by atoms with Crippen LogP contribution in [0, 0.1) is 20.8 Å². The standard InChI is InChI=1S/C15H20N4O3S/c1-8-6-19(15(22)17-14(8)21)7-12(20)18(5)9(2)13-10(3)23-11(4)16-13/h6,9H,7H2,1-5H3,(H,17,21,22). The topological polar surface area (TPSA) is 88.1 Å². The number of aryl methyl sites for hydroxylation is 3. The number of aromatic nitrogens is 3. The van der Waals surface area contributed by atoms with E-state index in [1.807, 2.05) is 20.8 Å². The molecule has 0 aliphatic rings. The largest absolute Gasteiger partial charge is 0.336 e. The van der Waals surface area contributed by atoms with Crippen LogP contribution < -0.4 is 11.2 Å². The van der Waals surface area contributed by atoms with Crippen molar-refractivity contribution in [1.82, 2.24) is 19.4 Å². The van der Waals surface area contributed by atoms with E-state index >= 15 is 0 Å². The quantitative estimate of drug-likeness (QED) is 0.907. The van der Waals surface area contributed by atoms with Crippen LogP contribution in [0.4, 0.5) is 0 Å². The fourth-order valence-corrected chi connectivity index (χ4v) is 3.23. The highest BCUT2D eigenvalue weighted by Crippen LogP contribution is 2.26. The summed E-state index contributed by atoms with van der Waals surface area (Å²) in [4.78, 5) is 44.9.